The van der Waals surface area contributed by atoms with Crippen LogP contribution in [0.3, 0.4) is 0 Å². The van der Waals surface area contributed by atoms with Crippen LogP contribution in [0.4, 0.5) is 5.69 Å². The highest BCUT2D eigenvalue weighted by Crippen LogP contribution is 2.36. The van der Waals surface area contributed by atoms with Gasteiger partial charge < -0.3 is 20.1 Å². The molecule has 3 aromatic rings. The molecule has 3 rings (SSSR count). The number of hydrogen-bond acceptors (Lipinski definition) is 4. The Morgan fingerprint density at radius 2 is 2.04 bits per heavy atom. The Labute approximate surface area is 145 Å². The first-order chi connectivity index (χ1) is 12.1. The van der Waals surface area contributed by atoms with Gasteiger partial charge in [0, 0.05) is 19.0 Å². The van der Waals surface area contributed by atoms with Gasteiger partial charge in [-0.15, -0.1) is 0 Å². The average Bonchev–Trinajstić information content (AvgIpc) is 3.10. The van der Waals surface area contributed by atoms with Crippen molar-refractivity contribution in [1.82, 2.24) is 9.97 Å². The van der Waals surface area contributed by atoms with Gasteiger partial charge in [0.25, 0.3) is 0 Å². The quantitative estimate of drug-likeness (QED) is 0.643. The van der Waals surface area contributed by atoms with Crippen LogP contribution in [0.2, 0.25) is 0 Å². The van der Waals surface area contributed by atoms with Gasteiger partial charge in [0.15, 0.2) is 0 Å². The number of amides is 1. The van der Waals surface area contributed by atoms with Crippen LogP contribution >= 0.6 is 0 Å². The molecular weight excluding hydrogens is 318 g/mol. The highest BCUT2D eigenvalue weighted by molar-refractivity contribution is 5.88. The molecule has 6 nitrogen and oxygen atoms in total. The van der Waals surface area contributed by atoms with Crippen molar-refractivity contribution in [3.63, 3.8) is 0 Å². The summed E-state index contributed by atoms with van der Waals surface area (Å²) in [5, 5.41) is 12.9. The van der Waals surface area contributed by atoms with Gasteiger partial charge in [-0.2, -0.15) is 0 Å². The maximum absolute atomic E-state index is 11.0. The molecule has 0 aliphatic heterocycles. The van der Waals surface area contributed by atoms with Gasteiger partial charge in [-0.25, -0.2) is 4.98 Å². The Balaban J connectivity index is 1.65. The zero-order chi connectivity index (χ0) is 17.6. The topological polar surface area (TPSA) is 87.2 Å². The molecule has 3 N–H and O–H groups in total. The lowest BCUT2D eigenvalue weighted by Gasteiger charge is -2.12. The van der Waals surface area contributed by atoms with Gasteiger partial charge in [-0.05, 0) is 29.8 Å². The van der Waals surface area contributed by atoms with Crippen molar-refractivity contribution in [2.45, 2.75) is 13.3 Å². The molecule has 0 saturated heterocycles. The number of aromatic nitrogens is 2. The highest BCUT2D eigenvalue weighted by Gasteiger charge is 2.12. The van der Waals surface area contributed by atoms with E-state index in [1.165, 1.54) is 6.92 Å². The minimum absolute atomic E-state index is 0.0914. The van der Waals surface area contributed by atoms with Crippen LogP contribution in [0.15, 0.2) is 55.0 Å². The number of carbonyl (C=O) groups is 1. The van der Waals surface area contributed by atoms with Crippen molar-refractivity contribution in [2.24, 2.45) is 0 Å². The van der Waals surface area contributed by atoms with Crippen LogP contribution in [0.1, 0.15) is 12.5 Å². The number of phenols is 1. The zero-order valence-corrected chi connectivity index (χ0v) is 13.8. The third-order valence-corrected chi connectivity index (χ3v) is 3.69. The van der Waals surface area contributed by atoms with Crippen molar-refractivity contribution in [3.05, 3.63) is 60.6 Å². The standard InChI is InChI=1S/C19H19N3O3/c1-13(23)22-15-7-5-14(6-8-15)9-10-25-18-4-2-3-17(24)19(18)16-11-20-12-21-16/h2-8,11-12,24H,9-10H2,1H3,(H,20,21)(H,22,23). The molecule has 1 aromatic heterocycles. The second kappa shape index (κ2) is 7.53. The molecule has 0 atom stereocenters. The third kappa shape index (κ3) is 4.17. The summed E-state index contributed by atoms with van der Waals surface area (Å²) in [6.07, 6.45) is 3.91. The number of anilines is 1. The molecule has 0 saturated carbocycles. The Bertz CT molecular complexity index is 843. The van der Waals surface area contributed by atoms with Gasteiger partial charge in [0.2, 0.25) is 5.91 Å². The van der Waals surface area contributed by atoms with Crippen LogP contribution < -0.4 is 10.1 Å². The van der Waals surface area contributed by atoms with E-state index in [1.54, 1.807) is 24.7 Å². The first kappa shape index (κ1) is 16.6. The molecule has 25 heavy (non-hydrogen) atoms. The number of aromatic hydroxyl groups is 1. The van der Waals surface area contributed by atoms with Crippen molar-refractivity contribution < 1.29 is 14.6 Å². The van der Waals surface area contributed by atoms with Gasteiger partial charge in [0.05, 0.1) is 30.4 Å². The largest absolute Gasteiger partial charge is 0.507 e. The lowest BCUT2D eigenvalue weighted by molar-refractivity contribution is -0.114. The van der Waals surface area contributed by atoms with Crippen LogP contribution in [-0.4, -0.2) is 27.6 Å². The van der Waals surface area contributed by atoms with E-state index in [4.69, 9.17) is 4.74 Å². The number of H-pyrrole nitrogens is 1. The molecule has 2 aromatic carbocycles. The van der Waals surface area contributed by atoms with E-state index in [1.807, 2.05) is 30.3 Å². The van der Waals surface area contributed by atoms with Gasteiger partial charge in [0.1, 0.15) is 11.5 Å². The number of hydrogen-bond donors (Lipinski definition) is 3. The minimum Gasteiger partial charge on any atom is -0.507 e. The fourth-order valence-electron chi connectivity index (χ4n) is 2.54. The van der Waals surface area contributed by atoms with Crippen LogP contribution in [0, 0.1) is 0 Å². The molecule has 0 radical (unpaired) electrons. The second-order valence-electron chi connectivity index (χ2n) is 5.59. The van der Waals surface area contributed by atoms with Gasteiger partial charge in [-0.3, -0.25) is 4.79 Å². The van der Waals surface area contributed by atoms with E-state index in [2.05, 4.69) is 15.3 Å². The average molecular weight is 337 g/mol. The number of phenolic OH excluding ortho intramolecular Hbond substituents is 1. The molecule has 1 heterocycles. The number of ether oxygens (including phenoxy) is 1. The van der Waals surface area contributed by atoms with Crippen molar-refractivity contribution in [2.75, 3.05) is 11.9 Å². The molecule has 0 unspecified atom stereocenters. The van der Waals surface area contributed by atoms with E-state index in [0.29, 0.717) is 30.0 Å². The number of rotatable bonds is 6. The molecule has 0 bridgehead atoms. The number of aromatic amines is 1. The summed E-state index contributed by atoms with van der Waals surface area (Å²) in [5.41, 5.74) is 3.16. The number of carbonyl (C=O) groups excluding carboxylic acids is 1. The second-order valence-corrected chi connectivity index (χ2v) is 5.59. The summed E-state index contributed by atoms with van der Waals surface area (Å²) >= 11 is 0. The van der Waals surface area contributed by atoms with Crippen LogP contribution in [-0.2, 0) is 11.2 Å². The summed E-state index contributed by atoms with van der Waals surface area (Å²) in [6, 6.07) is 12.8. The summed E-state index contributed by atoms with van der Waals surface area (Å²) in [5.74, 6) is 0.645. The lowest BCUT2D eigenvalue weighted by atomic mass is 10.1. The summed E-state index contributed by atoms with van der Waals surface area (Å²) in [7, 11) is 0. The number of nitrogens with zero attached hydrogens (tertiary/aromatic N) is 1. The molecule has 0 spiro atoms. The predicted molar refractivity (Wildman–Crippen MR) is 95.6 cm³/mol. The van der Waals surface area contributed by atoms with Gasteiger partial charge in [-0.1, -0.05) is 18.2 Å². The fourth-order valence-corrected chi connectivity index (χ4v) is 2.54. The molecule has 0 fully saturated rings. The number of imidazole rings is 1. The Hall–Kier alpha value is -3.28. The monoisotopic (exact) mass is 337 g/mol. The smallest absolute Gasteiger partial charge is 0.221 e. The fraction of sp³-hybridized carbons (Fsp3) is 0.158. The first-order valence-electron chi connectivity index (χ1n) is 7.93. The summed E-state index contributed by atoms with van der Waals surface area (Å²) < 4.78 is 5.86. The molecule has 128 valence electrons. The number of nitrogens with one attached hydrogen (secondary N) is 2. The molecule has 1 amide bonds. The minimum atomic E-state index is -0.0914. The summed E-state index contributed by atoms with van der Waals surface area (Å²) in [6.45, 7) is 1.94. The highest BCUT2D eigenvalue weighted by atomic mass is 16.5. The van der Waals surface area contributed by atoms with E-state index in [0.717, 1.165) is 11.3 Å². The molecule has 6 heteroatoms. The van der Waals surface area contributed by atoms with Crippen LogP contribution in [0.25, 0.3) is 11.3 Å². The zero-order valence-electron chi connectivity index (χ0n) is 13.8. The normalized spacial score (nSPS) is 10.4. The Kier molecular flexibility index (Phi) is 4.99. The first-order valence-corrected chi connectivity index (χ1v) is 7.93. The SMILES string of the molecule is CC(=O)Nc1ccc(CCOc2cccc(O)c2-c2cnc[nH]2)cc1. The van der Waals surface area contributed by atoms with Crippen molar-refractivity contribution in [3.8, 4) is 22.8 Å². The van der Waals surface area contributed by atoms with Gasteiger partial charge >= 0.3 is 0 Å². The third-order valence-electron chi connectivity index (χ3n) is 3.69. The van der Waals surface area contributed by atoms with E-state index >= 15 is 0 Å². The van der Waals surface area contributed by atoms with E-state index in [9.17, 15) is 9.90 Å². The van der Waals surface area contributed by atoms with E-state index < -0.39 is 0 Å². The predicted octanol–water partition coefficient (Wildman–Crippen LogP) is 3.36. The maximum atomic E-state index is 11.0. The Morgan fingerprint density at radius 1 is 1.24 bits per heavy atom. The molecule has 0 aliphatic carbocycles. The molecular formula is C19H19N3O3. The van der Waals surface area contributed by atoms with Crippen molar-refractivity contribution in [1.29, 1.82) is 0 Å². The van der Waals surface area contributed by atoms with E-state index in [-0.39, 0.29) is 11.7 Å². The van der Waals surface area contributed by atoms with Crippen molar-refractivity contribution >= 4 is 11.6 Å². The maximum Gasteiger partial charge on any atom is 0.221 e. The number of benzene rings is 2. The Morgan fingerprint density at radius 3 is 2.72 bits per heavy atom. The lowest BCUT2D eigenvalue weighted by Crippen LogP contribution is -2.06. The summed E-state index contributed by atoms with van der Waals surface area (Å²) in [4.78, 5) is 18.0. The molecule has 0 aliphatic rings. The van der Waals surface area contributed by atoms with Crippen LogP contribution in [0.5, 0.6) is 11.5 Å².